The molecule has 1 aliphatic rings. The van der Waals surface area contributed by atoms with Crippen LogP contribution in [0.15, 0.2) is 48.5 Å². The first-order valence-electron chi connectivity index (χ1n) is 10.1. The molecule has 2 aromatic carbocycles. The minimum atomic E-state index is -3.77. The van der Waals surface area contributed by atoms with Gasteiger partial charge in [0.1, 0.15) is 17.6 Å². The number of amides is 1. The second-order valence-electron chi connectivity index (χ2n) is 7.50. The highest BCUT2D eigenvalue weighted by Crippen LogP contribution is 2.26. The summed E-state index contributed by atoms with van der Waals surface area (Å²) in [4.78, 5) is 12.9. The second kappa shape index (κ2) is 9.47. The van der Waals surface area contributed by atoms with Crippen molar-refractivity contribution in [2.75, 3.05) is 15.9 Å². The maximum absolute atomic E-state index is 13.3. The third kappa shape index (κ3) is 5.50. The molecule has 6 nitrogen and oxygen atoms in total. The van der Waals surface area contributed by atoms with Gasteiger partial charge in [-0.2, -0.15) is 0 Å². The minimum absolute atomic E-state index is 0.237. The van der Waals surface area contributed by atoms with Crippen LogP contribution in [0.2, 0.25) is 0 Å². The van der Waals surface area contributed by atoms with Crippen LogP contribution in [0.1, 0.15) is 39.0 Å². The van der Waals surface area contributed by atoms with E-state index in [1.54, 1.807) is 31.2 Å². The lowest BCUT2D eigenvalue weighted by atomic mass is 10.1. The molecule has 0 aliphatic heterocycles. The number of ether oxygens (including phenoxy) is 1. The van der Waals surface area contributed by atoms with Crippen molar-refractivity contribution in [2.45, 2.75) is 51.2 Å². The van der Waals surface area contributed by atoms with Crippen molar-refractivity contribution in [3.63, 3.8) is 0 Å². The average Bonchev–Trinajstić information content (AvgIpc) is 3.20. The van der Waals surface area contributed by atoms with E-state index in [9.17, 15) is 17.6 Å². The zero-order chi connectivity index (χ0) is 21.7. The third-order valence-corrected chi connectivity index (χ3v) is 6.32. The highest BCUT2D eigenvalue weighted by molar-refractivity contribution is 7.92. The summed E-state index contributed by atoms with van der Waals surface area (Å²) in [6, 6.07) is 11.1. The minimum Gasteiger partial charge on any atom is -0.490 e. The lowest BCUT2D eigenvalue weighted by Crippen LogP contribution is -2.47. The van der Waals surface area contributed by atoms with Crippen LogP contribution in [-0.2, 0) is 14.8 Å². The monoisotopic (exact) mass is 434 g/mol. The van der Waals surface area contributed by atoms with E-state index in [0.29, 0.717) is 5.69 Å². The van der Waals surface area contributed by atoms with Crippen molar-refractivity contribution in [1.29, 1.82) is 0 Å². The number of anilines is 2. The molecule has 0 unspecified atom stereocenters. The Morgan fingerprint density at radius 1 is 1.13 bits per heavy atom. The number of benzene rings is 2. The van der Waals surface area contributed by atoms with Crippen LogP contribution >= 0.6 is 0 Å². The lowest BCUT2D eigenvalue weighted by molar-refractivity contribution is -0.117. The number of halogens is 1. The van der Waals surface area contributed by atoms with Crippen molar-refractivity contribution in [3.8, 4) is 5.75 Å². The molecule has 8 heteroatoms. The van der Waals surface area contributed by atoms with Gasteiger partial charge < -0.3 is 10.1 Å². The number of nitrogens with zero attached hydrogens (tertiary/aromatic N) is 1. The van der Waals surface area contributed by atoms with E-state index in [1.165, 1.54) is 37.1 Å². The highest BCUT2D eigenvalue weighted by atomic mass is 32.2. The molecule has 1 saturated carbocycles. The van der Waals surface area contributed by atoms with Gasteiger partial charge in [-0.1, -0.05) is 6.92 Å². The number of carbonyl (C=O) groups is 1. The van der Waals surface area contributed by atoms with Gasteiger partial charge in [-0.15, -0.1) is 0 Å². The summed E-state index contributed by atoms with van der Waals surface area (Å²) in [7, 11) is -3.77. The fourth-order valence-electron chi connectivity index (χ4n) is 3.69. The molecule has 0 saturated heterocycles. The molecule has 1 aliphatic carbocycles. The summed E-state index contributed by atoms with van der Waals surface area (Å²) in [5.41, 5.74) is 0.783. The topological polar surface area (TPSA) is 75.7 Å². The second-order valence-corrected chi connectivity index (χ2v) is 9.36. The van der Waals surface area contributed by atoms with E-state index < -0.39 is 27.8 Å². The third-order valence-electron chi connectivity index (χ3n) is 5.14. The number of nitrogens with one attached hydrogen (secondary N) is 1. The zero-order valence-electron chi connectivity index (χ0n) is 17.2. The Morgan fingerprint density at radius 2 is 1.73 bits per heavy atom. The summed E-state index contributed by atoms with van der Waals surface area (Å²) >= 11 is 0. The van der Waals surface area contributed by atoms with Gasteiger partial charge in [0.05, 0.1) is 18.0 Å². The van der Waals surface area contributed by atoms with E-state index >= 15 is 0 Å². The molecule has 1 amide bonds. The Balaban J connectivity index is 1.74. The van der Waals surface area contributed by atoms with Crippen molar-refractivity contribution in [3.05, 3.63) is 54.3 Å². The summed E-state index contributed by atoms with van der Waals surface area (Å²) in [6.07, 6.45) is 6.00. The van der Waals surface area contributed by atoms with Gasteiger partial charge in [-0.25, -0.2) is 12.8 Å². The highest BCUT2D eigenvalue weighted by Gasteiger charge is 2.31. The first-order chi connectivity index (χ1) is 14.3. The number of rotatable bonds is 8. The standard InChI is InChI=1S/C22H27FN2O4S/c1-3-21(25(30(2,27)28)18-12-8-16(23)9-13-18)22(26)24-17-10-14-20(15-11-17)29-19-6-4-5-7-19/h8-15,19,21H,3-7H2,1-2H3,(H,24,26)/t21-/m1/s1. The molecule has 0 aromatic heterocycles. The van der Waals surface area contributed by atoms with Gasteiger partial charge in [0, 0.05) is 5.69 Å². The molecule has 2 aromatic rings. The van der Waals surface area contributed by atoms with Crippen LogP contribution in [0, 0.1) is 5.82 Å². The first-order valence-corrected chi connectivity index (χ1v) is 12.0. The number of hydrogen-bond acceptors (Lipinski definition) is 4. The SMILES string of the molecule is CC[C@H](C(=O)Nc1ccc(OC2CCCC2)cc1)N(c1ccc(F)cc1)S(C)(=O)=O. The van der Waals surface area contributed by atoms with Crippen LogP contribution in [0.25, 0.3) is 0 Å². The predicted molar refractivity (Wildman–Crippen MR) is 116 cm³/mol. The fourth-order valence-corrected chi connectivity index (χ4v) is 4.90. The van der Waals surface area contributed by atoms with Gasteiger partial charge in [-0.05, 0) is 80.6 Å². The Labute approximate surface area is 177 Å². The molecule has 0 heterocycles. The number of carbonyl (C=O) groups excluding carboxylic acids is 1. The van der Waals surface area contributed by atoms with Gasteiger partial charge in [0.25, 0.3) is 0 Å². The lowest BCUT2D eigenvalue weighted by Gasteiger charge is -2.30. The van der Waals surface area contributed by atoms with Crippen LogP contribution in [0.4, 0.5) is 15.8 Å². The fraction of sp³-hybridized carbons (Fsp3) is 0.409. The number of hydrogen-bond donors (Lipinski definition) is 1. The van der Waals surface area contributed by atoms with Gasteiger partial charge in [-0.3, -0.25) is 9.10 Å². The molecule has 0 radical (unpaired) electrons. The van der Waals surface area contributed by atoms with Crippen LogP contribution in [-0.4, -0.2) is 32.7 Å². The average molecular weight is 435 g/mol. The quantitative estimate of drug-likeness (QED) is 0.671. The largest absolute Gasteiger partial charge is 0.490 e. The van der Waals surface area contributed by atoms with Crippen molar-refractivity contribution < 1.29 is 22.3 Å². The predicted octanol–water partition coefficient (Wildman–Crippen LogP) is 4.33. The molecule has 1 fully saturated rings. The summed E-state index contributed by atoms with van der Waals surface area (Å²) in [5.74, 6) is -0.197. The molecular formula is C22H27FN2O4S. The molecule has 0 spiro atoms. The maximum atomic E-state index is 13.3. The normalized spacial score (nSPS) is 15.6. The molecule has 0 bridgehead atoms. The van der Waals surface area contributed by atoms with E-state index in [4.69, 9.17) is 4.74 Å². The van der Waals surface area contributed by atoms with Gasteiger partial charge in [0.2, 0.25) is 15.9 Å². The maximum Gasteiger partial charge on any atom is 0.248 e. The summed E-state index contributed by atoms with van der Waals surface area (Å²) < 4.78 is 45.1. The van der Waals surface area contributed by atoms with Crippen molar-refractivity contribution in [2.24, 2.45) is 0 Å². The molecule has 1 N–H and O–H groups in total. The van der Waals surface area contributed by atoms with E-state index in [2.05, 4.69) is 5.32 Å². The summed E-state index contributed by atoms with van der Waals surface area (Å²) in [6.45, 7) is 1.73. The molecule has 1 atom stereocenters. The Kier molecular flexibility index (Phi) is 6.97. The van der Waals surface area contributed by atoms with Crippen LogP contribution < -0.4 is 14.4 Å². The Hall–Kier alpha value is -2.61. The molecule has 30 heavy (non-hydrogen) atoms. The summed E-state index contributed by atoms with van der Waals surface area (Å²) in [5, 5.41) is 2.77. The van der Waals surface area contributed by atoms with Crippen molar-refractivity contribution >= 4 is 27.3 Å². The van der Waals surface area contributed by atoms with Gasteiger partial charge >= 0.3 is 0 Å². The van der Waals surface area contributed by atoms with Crippen molar-refractivity contribution in [1.82, 2.24) is 0 Å². The van der Waals surface area contributed by atoms with E-state index in [-0.39, 0.29) is 18.2 Å². The molecular weight excluding hydrogens is 407 g/mol. The number of sulfonamides is 1. The van der Waals surface area contributed by atoms with E-state index in [1.807, 2.05) is 0 Å². The van der Waals surface area contributed by atoms with E-state index in [0.717, 1.165) is 29.2 Å². The van der Waals surface area contributed by atoms with Crippen LogP contribution in [0.5, 0.6) is 5.75 Å². The Morgan fingerprint density at radius 3 is 2.27 bits per heavy atom. The zero-order valence-corrected chi connectivity index (χ0v) is 18.0. The smallest absolute Gasteiger partial charge is 0.248 e. The first kappa shape index (κ1) is 22.1. The molecule has 3 rings (SSSR count). The Bertz CT molecular complexity index is 956. The molecule has 162 valence electrons. The van der Waals surface area contributed by atoms with Gasteiger partial charge in [0.15, 0.2) is 0 Å². The van der Waals surface area contributed by atoms with Crippen LogP contribution in [0.3, 0.4) is 0 Å².